The third-order valence-corrected chi connectivity index (χ3v) is 7.75. The molecule has 4 aliphatic carbocycles. The molecule has 0 aromatic heterocycles. The molecule has 2 nitrogen and oxygen atoms in total. The zero-order valence-corrected chi connectivity index (χ0v) is 14.2. The summed E-state index contributed by atoms with van der Waals surface area (Å²) in [5.74, 6) is 2.54. The number of hydrogen-bond donors (Lipinski definition) is 0. The molecule has 0 spiro atoms. The third kappa shape index (κ3) is 1.73. The highest BCUT2D eigenvalue weighted by Crippen LogP contribution is 2.63. The molecule has 0 saturated heterocycles. The normalized spacial score (nSPS) is 51.0. The Labute approximate surface area is 133 Å². The van der Waals surface area contributed by atoms with Gasteiger partial charge in [-0.25, -0.2) is 0 Å². The van der Waals surface area contributed by atoms with Crippen LogP contribution in [-0.2, 0) is 9.59 Å². The first-order valence-corrected chi connectivity index (χ1v) is 9.12. The highest BCUT2D eigenvalue weighted by atomic mass is 16.1. The maximum atomic E-state index is 13.1. The maximum Gasteiger partial charge on any atom is 0.139 e. The molecule has 3 fully saturated rings. The average molecular weight is 300 g/mol. The van der Waals surface area contributed by atoms with Gasteiger partial charge in [0.15, 0.2) is 0 Å². The summed E-state index contributed by atoms with van der Waals surface area (Å²) < 4.78 is 0. The van der Waals surface area contributed by atoms with Crippen molar-refractivity contribution in [1.29, 1.82) is 0 Å². The molecular weight excluding hydrogens is 272 g/mol. The van der Waals surface area contributed by atoms with Crippen LogP contribution in [-0.4, -0.2) is 11.6 Å². The molecule has 22 heavy (non-hydrogen) atoms. The Morgan fingerprint density at radius 2 is 1.91 bits per heavy atom. The van der Waals surface area contributed by atoms with Crippen molar-refractivity contribution < 1.29 is 9.59 Å². The van der Waals surface area contributed by atoms with E-state index in [1.165, 1.54) is 12.8 Å². The van der Waals surface area contributed by atoms with Crippen molar-refractivity contribution in [3.63, 3.8) is 0 Å². The Bertz CT molecular complexity index is 574. The summed E-state index contributed by atoms with van der Waals surface area (Å²) in [4.78, 5) is 25.5. The first kappa shape index (κ1) is 14.7. The van der Waals surface area contributed by atoms with Crippen LogP contribution in [0.25, 0.3) is 0 Å². The molecule has 4 rings (SSSR count). The Kier molecular flexibility index (Phi) is 3.03. The smallest absolute Gasteiger partial charge is 0.139 e. The summed E-state index contributed by atoms with van der Waals surface area (Å²) in [6.45, 7) is 6.76. The van der Waals surface area contributed by atoms with Crippen molar-refractivity contribution in [1.82, 2.24) is 0 Å². The fourth-order valence-corrected chi connectivity index (χ4v) is 6.45. The Hall–Kier alpha value is -0.920. The summed E-state index contributed by atoms with van der Waals surface area (Å²) >= 11 is 0. The monoisotopic (exact) mass is 300 g/mol. The zero-order chi connectivity index (χ0) is 15.7. The topological polar surface area (TPSA) is 34.1 Å². The van der Waals surface area contributed by atoms with E-state index in [4.69, 9.17) is 0 Å². The van der Waals surface area contributed by atoms with E-state index in [1.807, 2.05) is 0 Å². The second kappa shape index (κ2) is 4.55. The quantitative estimate of drug-likeness (QED) is 0.624. The third-order valence-electron chi connectivity index (χ3n) is 7.75. The molecule has 0 aromatic carbocycles. The number of allylic oxidation sites excluding steroid dienone is 2. The molecule has 0 amide bonds. The van der Waals surface area contributed by atoms with Gasteiger partial charge in [0, 0.05) is 24.2 Å². The summed E-state index contributed by atoms with van der Waals surface area (Å²) in [5, 5.41) is 0. The van der Waals surface area contributed by atoms with Crippen LogP contribution >= 0.6 is 0 Å². The lowest BCUT2D eigenvalue weighted by Gasteiger charge is -2.55. The lowest BCUT2D eigenvalue weighted by atomic mass is 9.47. The van der Waals surface area contributed by atoms with E-state index in [-0.39, 0.29) is 16.7 Å². The number of hydrogen-bond acceptors (Lipinski definition) is 2. The molecule has 4 aliphatic rings. The molecule has 3 unspecified atom stereocenters. The number of carbonyl (C=O) groups excluding carboxylic acids is 2. The van der Waals surface area contributed by atoms with Crippen molar-refractivity contribution in [3.05, 3.63) is 11.6 Å². The molecule has 0 aliphatic heterocycles. The van der Waals surface area contributed by atoms with Crippen LogP contribution in [0.15, 0.2) is 11.6 Å². The fourth-order valence-electron chi connectivity index (χ4n) is 6.45. The summed E-state index contributed by atoms with van der Waals surface area (Å²) in [5.41, 5.74) is 1.29. The van der Waals surface area contributed by atoms with Gasteiger partial charge in [-0.15, -0.1) is 0 Å². The highest BCUT2D eigenvalue weighted by Gasteiger charge is 2.61. The molecule has 3 saturated carbocycles. The van der Waals surface area contributed by atoms with Gasteiger partial charge in [0.05, 0.1) is 0 Å². The van der Waals surface area contributed by atoms with Gasteiger partial charge < -0.3 is 0 Å². The van der Waals surface area contributed by atoms with Crippen LogP contribution in [0.2, 0.25) is 0 Å². The minimum atomic E-state index is -0.345. The van der Waals surface area contributed by atoms with Crippen LogP contribution in [0.5, 0.6) is 0 Å². The minimum Gasteiger partial charge on any atom is -0.299 e. The second-order valence-corrected chi connectivity index (χ2v) is 9.00. The van der Waals surface area contributed by atoms with Crippen molar-refractivity contribution in [2.45, 2.75) is 65.7 Å². The molecule has 0 bridgehead atoms. The van der Waals surface area contributed by atoms with Gasteiger partial charge in [-0.3, -0.25) is 9.59 Å². The van der Waals surface area contributed by atoms with E-state index < -0.39 is 0 Å². The van der Waals surface area contributed by atoms with Gasteiger partial charge in [0.1, 0.15) is 11.6 Å². The Balaban J connectivity index is 1.76. The number of fused-ring (bicyclic) bond motifs is 5. The Morgan fingerprint density at radius 1 is 1.14 bits per heavy atom. The van der Waals surface area contributed by atoms with E-state index in [2.05, 4.69) is 26.8 Å². The fraction of sp³-hybridized carbons (Fsp3) is 0.800. The van der Waals surface area contributed by atoms with E-state index in [0.717, 1.165) is 25.2 Å². The van der Waals surface area contributed by atoms with E-state index in [1.54, 1.807) is 5.57 Å². The second-order valence-electron chi connectivity index (χ2n) is 9.00. The van der Waals surface area contributed by atoms with E-state index in [9.17, 15) is 9.59 Å². The molecule has 2 heteroatoms. The number of Topliss-reactive ketones (excluding diaryl/α,β-unsaturated/α-hetero) is 2. The number of rotatable bonds is 0. The van der Waals surface area contributed by atoms with Crippen LogP contribution < -0.4 is 0 Å². The van der Waals surface area contributed by atoms with Gasteiger partial charge in [-0.05, 0) is 55.3 Å². The molecule has 0 radical (unpaired) electrons. The molecule has 0 heterocycles. The van der Waals surface area contributed by atoms with Crippen LogP contribution in [0, 0.1) is 34.5 Å². The summed E-state index contributed by atoms with van der Waals surface area (Å²) in [7, 11) is 0. The van der Waals surface area contributed by atoms with Gasteiger partial charge in [0.2, 0.25) is 0 Å². The van der Waals surface area contributed by atoms with Gasteiger partial charge >= 0.3 is 0 Å². The first-order valence-electron chi connectivity index (χ1n) is 9.12. The van der Waals surface area contributed by atoms with Crippen LogP contribution in [0.1, 0.15) is 65.7 Å². The summed E-state index contributed by atoms with van der Waals surface area (Å²) in [6.07, 6.45) is 9.28. The predicted octanol–water partition coefficient (Wildman–Crippen LogP) is 4.33. The zero-order valence-electron chi connectivity index (χ0n) is 14.2. The Morgan fingerprint density at radius 3 is 2.68 bits per heavy atom. The number of ketones is 2. The van der Waals surface area contributed by atoms with Crippen molar-refractivity contribution in [3.8, 4) is 0 Å². The predicted molar refractivity (Wildman–Crippen MR) is 86.3 cm³/mol. The van der Waals surface area contributed by atoms with E-state index >= 15 is 0 Å². The molecule has 120 valence electrons. The largest absolute Gasteiger partial charge is 0.299 e. The van der Waals surface area contributed by atoms with Gasteiger partial charge in [0.25, 0.3) is 0 Å². The first-order chi connectivity index (χ1) is 10.4. The van der Waals surface area contributed by atoms with Crippen LogP contribution in [0.3, 0.4) is 0 Å². The molecular formula is C20H28O2. The minimum absolute atomic E-state index is 0.0828. The molecule has 0 N–H and O–H groups in total. The molecule has 6 atom stereocenters. The molecule has 0 aromatic rings. The SMILES string of the molecule is C[C@H]1CC[C@@]2(C)C(=CCC3C2C(=O)C[C@]2(C)C(=O)CCC32)C1. The van der Waals surface area contributed by atoms with Gasteiger partial charge in [-0.1, -0.05) is 32.4 Å². The van der Waals surface area contributed by atoms with E-state index in [0.29, 0.717) is 36.2 Å². The maximum absolute atomic E-state index is 13.1. The highest BCUT2D eigenvalue weighted by molar-refractivity contribution is 5.95. The standard InChI is InChI=1S/C20H28O2/c1-12-8-9-19(2)13(10-12)4-5-14-15-6-7-17(22)20(15,3)11-16(21)18(14)19/h4,12,14-15,18H,5-11H2,1-3H3/t12-,14?,15?,18?,19-,20-/m0/s1. The van der Waals surface area contributed by atoms with Crippen LogP contribution in [0.4, 0.5) is 0 Å². The number of carbonyl (C=O) groups is 2. The lowest BCUT2D eigenvalue weighted by molar-refractivity contribution is -0.148. The summed E-state index contributed by atoms with van der Waals surface area (Å²) in [6, 6.07) is 0. The van der Waals surface area contributed by atoms with Crippen molar-refractivity contribution in [2.24, 2.45) is 34.5 Å². The van der Waals surface area contributed by atoms with Crippen molar-refractivity contribution in [2.75, 3.05) is 0 Å². The average Bonchev–Trinajstić information content (AvgIpc) is 2.75. The lowest BCUT2D eigenvalue weighted by Crippen LogP contribution is -2.54. The van der Waals surface area contributed by atoms with Gasteiger partial charge in [-0.2, -0.15) is 0 Å². The van der Waals surface area contributed by atoms with Crippen molar-refractivity contribution >= 4 is 11.6 Å².